The van der Waals surface area contributed by atoms with Crippen molar-refractivity contribution in [3.63, 3.8) is 0 Å². The number of amides is 1. The van der Waals surface area contributed by atoms with Gasteiger partial charge in [0.25, 0.3) is 0 Å². The maximum atomic E-state index is 12.6. The highest BCUT2D eigenvalue weighted by Gasteiger charge is 2.55. The van der Waals surface area contributed by atoms with Crippen LogP contribution < -0.4 is 0 Å². The summed E-state index contributed by atoms with van der Waals surface area (Å²) in [7, 11) is -3.14. The zero-order chi connectivity index (χ0) is 16.6. The molecule has 0 radical (unpaired) electrons. The highest BCUT2D eigenvalue weighted by atomic mass is 32.2. The van der Waals surface area contributed by atoms with E-state index in [2.05, 4.69) is 4.98 Å². The van der Waals surface area contributed by atoms with Crippen molar-refractivity contribution in [1.29, 1.82) is 0 Å². The Morgan fingerprint density at radius 3 is 2.78 bits per heavy atom. The van der Waals surface area contributed by atoms with Crippen molar-refractivity contribution >= 4 is 15.7 Å². The van der Waals surface area contributed by atoms with E-state index in [-0.39, 0.29) is 30.4 Å². The molecular formula is C14H17N3O5S. The average molecular weight is 339 g/mol. The molecule has 124 valence electrons. The SMILES string of the molecule is O=C([C@@H]1C[C@H]1[N+](=O)[O-])N(Cc1cccnc1)[C@@H]1CCS(=O)(=O)C1. The van der Waals surface area contributed by atoms with Gasteiger partial charge in [0.15, 0.2) is 9.84 Å². The molecule has 9 heteroatoms. The van der Waals surface area contributed by atoms with E-state index in [1.165, 1.54) is 4.90 Å². The molecule has 2 aliphatic rings. The van der Waals surface area contributed by atoms with Gasteiger partial charge >= 0.3 is 0 Å². The molecule has 3 rings (SSSR count). The monoisotopic (exact) mass is 339 g/mol. The summed E-state index contributed by atoms with van der Waals surface area (Å²) < 4.78 is 23.4. The van der Waals surface area contributed by atoms with Crippen LogP contribution in [0.2, 0.25) is 0 Å². The van der Waals surface area contributed by atoms with Gasteiger partial charge in [0.2, 0.25) is 11.9 Å². The van der Waals surface area contributed by atoms with E-state index in [9.17, 15) is 23.3 Å². The molecule has 2 heterocycles. The fourth-order valence-corrected chi connectivity index (χ4v) is 4.72. The van der Waals surface area contributed by atoms with Crippen LogP contribution in [0.3, 0.4) is 0 Å². The van der Waals surface area contributed by atoms with Crippen molar-refractivity contribution in [1.82, 2.24) is 9.88 Å². The van der Waals surface area contributed by atoms with Crippen molar-refractivity contribution in [2.24, 2.45) is 5.92 Å². The van der Waals surface area contributed by atoms with Crippen LogP contribution in [0.25, 0.3) is 0 Å². The van der Waals surface area contributed by atoms with E-state index < -0.39 is 32.8 Å². The Labute approximate surface area is 133 Å². The van der Waals surface area contributed by atoms with Crippen molar-refractivity contribution in [2.45, 2.75) is 31.5 Å². The van der Waals surface area contributed by atoms with Crippen LogP contribution in [0.4, 0.5) is 0 Å². The first-order valence-corrected chi connectivity index (χ1v) is 9.23. The first kappa shape index (κ1) is 15.9. The zero-order valence-corrected chi connectivity index (χ0v) is 13.2. The van der Waals surface area contributed by atoms with Gasteiger partial charge in [-0.2, -0.15) is 0 Å². The van der Waals surface area contributed by atoms with Gasteiger partial charge < -0.3 is 4.90 Å². The van der Waals surface area contributed by atoms with E-state index in [4.69, 9.17) is 0 Å². The number of carbonyl (C=O) groups excluding carboxylic acids is 1. The third-order valence-electron chi connectivity index (χ3n) is 4.35. The first-order chi connectivity index (χ1) is 10.9. The van der Waals surface area contributed by atoms with Crippen LogP contribution in [-0.4, -0.2) is 52.7 Å². The third kappa shape index (κ3) is 3.49. The number of hydrogen-bond donors (Lipinski definition) is 0. The van der Waals surface area contributed by atoms with Crippen LogP contribution >= 0.6 is 0 Å². The second-order valence-electron chi connectivity index (χ2n) is 6.08. The number of nitro groups is 1. The highest BCUT2D eigenvalue weighted by molar-refractivity contribution is 7.91. The largest absolute Gasteiger partial charge is 0.334 e. The lowest BCUT2D eigenvalue weighted by Gasteiger charge is -2.28. The van der Waals surface area contributed by atoms with Gasteiger partial charge in [-0.15, -0.1) is 0 Å². The van der Waals surface area contributed by atoms with Crippen molar-refractivity contribution in [2.75, 3.05) is 11.5 Å². The molecule has 0 spiro atoms. The number of nitrogens with zero attached hydrogens (tertiary/aromatic N) is 3. The predicted molar refractivity (Wildman–Crippen MR) is 80.7 cm³/mol. The summed E-state index contributed by atoms with van der Waals surface area (Å²) >= 11 is 0. The van der Waals surface area contributed by atoms with E-state index >= 15 is 0 Å². The van der Waals surface area contributed by atoms with Crippen LogP contribution in [0.5, 0.6) is 0 Å². The fourth-order valence-electron chi connectivity index (χ4n) is 2.99. The molecule has 23 heavy (non-hydrogen) atoms. The van der Waals surface area contributed by atoms with Crippen molar-refractivity contribution in [3.8, 4) is 0 Å². The molecule has 1 saturated heterocycles. The molecule has 1 aliphatic carbocycles. The quantitative estimate of drug-likeness (QED) is 0.562. The molecular weight excluding hydrogens is 322 g/mol. The molecule has 1 aliphatic heterocycles. The van der Waals surface area contributed by atoms with Gasteiger partial charge in [-0.1, -0.05) is 6.07 Å². The number of sulfone groups is 1. The van der Waals surface area contributed by atoms with Gasteiger partial charge in [-0.05, 0) is 18.1 Å². The molecule has 0 N–H and O–H groups in total. The minimum absolute atomic E-state index is 0.0534. The molecule has 8 nitrogen and oxygen atoms in total. The topological polar surface area (TPSA) is 110 Å². The minimum Gasteiger partial charge on any atom is -0.334 e. The summed E-state index contributed by atoms with van der Waals surface area (Å²) in [4.78, 5) is 28.5. The predicted octanol–water partition coefficient (Wildman–Crippen LogP) is 0.262. The summed E-state index contributed by atoms with van der Waals surface area (Å²) in [6, 6.07) is 2.28. The van der Waals surface area contributed by atoms with Crippen LogP contribution in [0, 0.1) is 16.0 Å². The Morgan fingerprint density at radius 1 is 1.48 bits per heavy atom. The maximum Gasteiger partial charge on any atom is 0.233 e. The second kappa shape index (κ2) is 5.88. The molecule has 1 aromatic rings. The van der Waals surface area contributed by atoms with E-state index in [1.54, 1.807) is 24.5 Å². The van der Waals surface area contributed by atoms with Crippen LogP contribution in [0.15, 0.2) is 24.5 Å². The highest BCUT2D eigenvalue weighted by Crippen LogP contribution is 2.36. The zero-order valence-electron chi connectivity index (χ0n) is 12.4. The van der Waals surface area contributed by atoms with Crippen LogP contribution in [-0.2, 0) is 21.2 Å². The lowest BCUT2D eigenvalue weighted by molar-refractivity contribution is -0.497. The Morgan fingerprint density at radius 2 is 2.26 bits per heavy atom. The van der Waals surface area contributed by atoms with Gasteiger partial charge in [0, 0.05) is 36.3 Å². The molecule has 0 unspecified atom stereocenters. The van der Waals surface area contributed by atoms with Crippen molar-refractivity contribution in [3.05, 3.63) is 40.2 Å². The number of pyridine rings is 1. The number of carbonyl (C=O) groups is 1. The lowest BCUT2D eigenvalue weighted by atomic mass is 10.1. The Hall–Kier alpha value is -2.03. The molecule has 0 bridgehead atoms. The Balaban J connectivity index is 1.79. The Kier molecular flexibility index (Phi) is 4.05. The molecule has 0 aromatic carbocycles. The number of aromatic nitrogens is 1. The summed E-state index contributed by atoms with van der Waals surface area (Å²) in [6.07, 6.45) is 3.83. The fraction of sp³-hybridized carbons (Fsp3) is 0.571. The second-order valence-corrected chi connectivity index (χ2v) is 8.31. The Bertz CT molecular complexity index is 721. The van der Waals surface area contributed by atoms with Gasteiger partial charge in [-0.3, -0.25) is 19.9 Å². The smallest absolute Gasteiger partial charge is 0.233 e. The summed E-state index contributed by atoms with van der Waals surface area (Å²) in [6.45, 7) is 0.230. The molecule has 3 atom stereocenters. The van der Waals surface area contributed by atoms with E-state index in [1.807, 2.05) is 0 Å². The number of hydrogen-bond acceptors (Lipinski definition) is 6. The molecule has 2 fully saturated rings. The summed E-state index contributed by atoms with van der Waals surface area (Å²) in [5.74, 6) is -0.977. The van der Waals surface area contributed by atoms with Gasteiger partial charge in [-0.25, -0.2) is 8.42 Å². The van der Waals surface area contributed by atoms with Crippen molar-refractivity contribution < 1.29 is 18.1 Å². The lowest BCUT2D eigenvalue weighted by Crippen LogP contribution is -2.42. The standard InChI is InChI=1S/C14H17N3O5S/c18-14(12-6-13(12)17(19)20)16(8-10-2-1-4-15-7-10)11-3-5-23(21,22)9-11/h1-2,4,7,11-13H,3,5-6,8-9H2/t11-,12-,13-/m1/s1. The van der Waals surface area contributed by atoms with E-state index in [0.29, 0.717) is 6.42 Å². The minimum atomic E-state index is -3.14. The normalized spacial score (nSPS) is 28.3. The maximum absolute atomic E-state index is 12.6. The average Bonchev–Trinajstić information content (AvgIpc) is 3.23. The van der Waals surface area contributed by atoms with E-state index in [0.717, 1.165) is 5.56 Å². The molecule has 1 aromatic heterocycles. The summed E-state index contributed by atoms with van der Waals surface area (Å²) in [5, 5.41) is 10.8. The van der Waals surface area contributed by atoms with Crippen LogP contribution in [0.1, 0.15) is 18.4 Å². The molecule has 1 saturated carbocycles. The third-order valence-corrected chi connectivity index (χ3v) is 6.10. The van der Waals surface area contributed by atoms with Gasteiger partial charge in [0.05, 0.1) is 11.5 Å². The van der Waals surface area contributed by atoms with Gasteiger partial charge in [0.1, 0.15) is 5.92 Å². The first-order valence-electron chi connectivity index (χ1n) is 7.41. The summed E-state index contributed by atoms with van der Waals surface area (Å²) in [5.41, 5.74) is 0.781. The number of rotatable bonds is 5. The molecule has 1 amide bonds.